The molecule has 1 aliphatic rings. The SMILES string of the molecule is Cc1cccc(N2CCCNC(CN(C)C)C2=O)c1. The summed E-state index contributed by atoms with van der Waals surface area (Å²) in [4.78, 5) is 16.6. The zero-order valence-electron chi connectivity index (χ0n) is 12.0. The normalized spacial score (nSPS) is 20.7. The highest BCUT2D eigenvalue weighted by Gasteiger charge is 2.27. The second-order valence-electron chi connectivity index (χ2n) is 5.45. The summed E-state index contributed by atoms with van der Waals surface area (Å²) in [5, 5.41) is 3.34. The molecule has 0 saturated carbocycles. The summed E-state index contributed by atoms with van der Waals surface area (Å²) in [6, 6.07) is 8.05. The Hall–Kier alpha value is -1.39. The fourth-order valence-electron chi connectivity index (χ4n) is 2.46. The summed E-state index contributed by atoms with van der Waals surface area (Å²) >= 11 is 0. The van der Waals surface area contributed by atoms with Gasteiger partial charge in [-0.1, -0.05) is 12.1 Å². The molecule has 1 fully saturated rings. The van der Waals surface area contributed by atoms with E-state index in [1.54, 1.807) is 0 Å². The molecular formula is C15H23N3O. The van der Waals surface area contributed by atoms with Crippen LogP contribution in [0.15, 0.2) is 24.3 Å². The van der Waals surface area contributed by atoms with E-state index < -0.39 is 0 Å². The lowest BCUT2D eigenvalue weighted by molar-refractivity contribution is -0.120. The first-order chi connectivity index (χ1) is 9.08. The first kappa shape index (κ1) is 14.0. The Morgan fingerprint density at radius 1 is 1.42 bits per heavy atom. The van der Waals surface area contributed by atoms with Crippen molar-refractivity contribution in [3.8, 4) is 0 Å². The predicted molar refractivity (Wildman–Crippen MR) is 78.5 cm³/mol. The molecule has 1 aromatic carbocycles. The van der Waals surface area contributed by atoms with Gasteiger partial charge >= 0.3 is 0 Å². The van der Waals surface area contributed by atoms with Crippen molar-refractivity contribution in [3.63, 3.8) is 0 Å². The van der Waals surface area contributed by atoms with Crippen LogP contribution >= 0.6 is 0 Å². The molecule has 1 amide bonds. The van der Waals surface area contributed by atoms with E-state index in [-0.39, 0.29) is 11.9 Å². The highest BCUT2D eigenvalue weighted by atomic mass is 16.2. The van der Waals surface area contributed by atoms with Crippen molar-refractivity contribution in [2.75, 3.05) is 38.6 Å². The summed E-state index contributed by atoms with van der Waals surface area (Å²) < 4.78 is 0. The zero-order valence-corrected chi connectivity index (χ0v) is 12.0. The van der Waals surface area contributed by atoms with E-state index in [0.717, 1.165) is 31.7 Å². The molecule has 1 atom stereocenters. The fraction of sp³-hybridized carbons (Fsp3) is 0.533. The van der Waals surface area contributed by atoms with E-state index in [4.69, 9.17) is 0 Å². The average molecular weight is 261 g/mol. The number of aryl methyl sites for hydroxylation is 1. The number of amides is 1. The lowest BCUT2D eigenvalue weighted by Gasteiger charge is -2.26. The molecule has 1 saturated heterocycles. The van der Waals surface area contributed by atoms with E-state index in [9.17, 15) is 4.79 Å². The predicted octanol–water partition coefficient (Wildman–Crippen LogP) is 1.25. The molecule has 1 unspecified atom stereocenters. The van der Waals surface area contributed by atoms with Gasteiger partial charge in [-0.05, 0) is 51.7 Å². The summed E-state index contributed by atoms with van der Waals surface area (Å²) in [6.45, 7) is 4.48. The lowest BCUT2D eigenvalue weighted by atomic mass is 10.2. The molecule has 1 heterocycles. The molecule has 0 aromatic heterocycles. The maximum atomic E-state index is 12.6. The number of benzene rings is 1. The van der Waals surface area contributed by atoms with Crippen LogP contribution in [0.4, 0.5) is 5.69 Å². The molecule has 4 nitrogen and oxygen atoms in total. The van der Waals surface area contributed by atoms with Gasteiger partial charge in [-0.25, -0.2) is 0 Å². The van der Waals surface area contributed by atoms with Crippen LogP contribution in [-0.4, -0.2) is 50.6 Å². The minimum Gasteiger partial charge on any atom is -0.311 e. The Labute approximate surface area is 115 Å². The third-order valence-electron chi connectivity index (χ3n) is 3.37. The smallest absolute Gasteiger partial charge is 0.245 e. The molecule has 0 spiro atoms. The van der Waals surface area contributed by atoms with Crippen LogP contribution in [0.2, 0.25) is 0 Å². The number of nitrogens with zero attached hydrogens (tertiary/aromatic N) is 2. The standard InChI is InChI=1S/C15H23N3O/c1-12-6-4-7-13(10-12)18-9-5-8-16-14(15(18)19)11-17(2)3/h4,6-7,10,14,16H,5,8-9,11H2,1-3H3. The molecule has 1 aliphatic heterocycles. The molecule has 19 heavy (non-hydrogen) atoms. The Bertz CT molecular complexity index is 445. The van der Waals surface area contributed by atoms with Crippen LogP contribution in [0.25, 0.3) is 0 Å². The Balaban J connectivity index is 2.21. The monoisotopic (exact) mass is 261 g/mol. The molecule has 4 heteroatoms. The van der Waals surface area contributed by atoms with E-state index >= 15 is 0 Å². The molecule has 2 rings (SSSR count). The zero-order chi connectivity index (χ0) is 13.8. The molecule has 0 bridgehead atoms. The highest BCUT2D eigenvalue weighted by Crippen LogP contribution is 2.18. The number of nitrogens with one attached hydrogen (secondary N) is 1. The third kappa shape index (κ3) is 3.55. The first-order valence-corrected chi connectivity index (χ1v) is 6.84. The van der Waals surface area contributed by atoms with E-state index in [1.807, 2.05) is 31.1 Å². The first-order valence-electron chi connectivity index (χ1n) is 6.84. The van der Waals surface area contributed by atoms with Crippen LogP contribution in [0, 0.1) is 6.92 Å². The quantitative estimate of drug-likeness (QED) is 0.889. The Morgan fingerprint density at radius 2 is 2.21 bits per heavy atom. The summed E-state index contributed by atoms with van der Waals surface area (Å²) in [5.74, 6) is 0.178. The van der Waals surface area contributed by atoms with Gasteiger partial charge in [0.05, 0.1) is 0 Å². The van der Waals surface area contributed by atoms with Gasteiger partial charge in [0.1, 0.15) is 6.04 Å². The fourth-order valence-corrected chi connectivity index (χ4v) is 2.46. The maximum Gasteiger partial charge on any atom is 0.245 e. The average Bonchev–Trinajstić information content (AvgIpc) is 2.52. The van der Waals surface area contributed by atoms with Crippen LogP contribution in [-0.2, 0) is 4.79 Å². The number of carbonyl (C=O) groups is 1. The van der Waals surface area contributed by atoms with E-state index in [1.165, 1.54) is 5.56 Å². The summed E-state index contributed by atoms with van der Waals surface area (Å²) in [6.07, 6.45) is 0.990. The minimum atomic E-state index is -0.113. The van der Waals surface area contributed by atoms with Crippen LogP contribution in [0.1, 0.15) is 12.0 Å². The van der Waals surface area contributed by atoms with Gasteiger partial charge in [0.15, 0.2) is 0 Å². The largest absolute Gasteiger partial charge is 0.311 e. The van der Waals surface area contributed by atoms with Crippen LogP contribution < -0.4 is 10.2 Å². The van der Waals surface area contributed by atoms with Crippen LogP contribution in [0.5, 0.6) is 0 Å². The summed E-state index contributed by atoms with van der Waals surface area (Å²) in [7, 11) is 3.99. The van der Waals surface area contributed by atoms with Crippen molar-refractivity contribution in [2.24, 2.45) is 0 Å². The number of rotatable bonds is 3. The van der Waals surface area contributed by atoms with Crippen molar-refractivity contribution in [1.29, 1.82) is 0 Å². The Morgan fingerprint density at radius 3 is 2.89 bits per heavy atom. The molecular weight excluding hydrogens is 238 g/mol. The minimum absolute atomic E-state index is 0.113. The molecule has 1 aromatic rings. The van der Waals surface area contributed by atoms with Gasteiger partial charge in [-0.2, -0.15) is 0 Å². The van der Waals surface area contributed by atoms with Gasteiger partial charge in [-0.3, -0.25) is 4.79 Å². The van der Waals surface area contributed by atoms with Crippen molar-refractivity contribution in [3.05, 3.63) is 29.8 Å². The van der Waals surface area contributed by atoms with E-state index in [0.29, 0.717) is 0 Å². The topological polar surface area (TPSA) is 35.6 Å². The number of hydrogen-bond acceptors (Lipinski definition) is 3. The van der Waals surface area contributed by atoms with Gasteiger partial charge in [-0.15, -0.1) is 0 Å². The molecule has 0 radical (unpaired) electrons. The van der Waals surface area contributed by atoms with E-state index in [2.05, 4.69) is 29.3 Å². The van der Waals surface area contributed by atoms with Gasteiger partial charge < -0.3 is 15.1 Å². The maximum absolute atomic E-state index is 12.6. The second-order valence-corrected chi connectivity index (χ2v) is 5.45. The lowest BCUT2D eigenvalue weighted by Crippen LogP contribution is -2.49. The van der Waals surface area contributed by atoms with Crippen molar-refractivity contribution in [2.45, 2.75) is 19.4 Å². The number of carbonyl (C=O) groups excluding carboxylic acids is 1. The highest BCUT2D eigenvalue weighted by molar-refractivity contribution is 5.97. The van der Waals surface area contributed by atoms with Crippen molar-refractivity contribution in [1.82, 2.24) is 10.2 Å². The van der Waals surface area contributed by atoms with Crippen molar-refractivity contribution >= 4 is 11.6 Å². The number of likely N-dealkylation sites (N-methyl/N-ethyl adjacent to an activating group) is 1. The summed E-state index contributed by atoms with van der Waals surface area (Å²) in [5.41, 5.74) is 2.20. The molecule has 0 aliphatic carbocycles. The third-order valence-corrected chi connectivity index (χ3v) is 3.37. The molecule has 1 N–H and O–H groups in total. The van der Waals surface area contributed by atoms with Crippen molar-refractivity contribution < 1.29 is 4.79 Å². The van der Waals surface area contributed by atoms with Gasteiger partial charge in [0.2, 0.25) is 5.91 Å². The van der Waals surface area contributed by atoms with Gasteiger partial charge in [0.25, 0.3) is 0 Å². The second kappa shape index (κ2) is 6.17. The van der Waals surface area contributed by atoms with Gasteiger partial charge in [0, 0.05) is 18.8 Å². The number of hydrogen-bond donors (Lipinski definition) is 1. The number of anilines is 1. The van der Waals surface area contributed by atoms with Crippen LogP contribution in [0.3, 0.4) is 0 Å². The molecule has 104 valence electrons. The Kier molecular flexibility index (Phi) is 4.56.